The quantitative estimate of drug-likeness (QED) is 0.320. The lowest BCUT2D eigenvalue weighted by Gasteiger charge is -2.26. The number of hydrogen-bond acceptors (Lipinski definition) is 8. The summed E-state index contributed by atoms with van der Waals surface area (Å²) in [7, 11) is -0.419. The van der Waals surface area contributed by atoms with E-state index < -0.39 is 10.0 Å². The highest BCUT2D eigenvalue weighted by Crippen LogP contribution is 2.38. The van der Waals surface area contributed by atoms with Gasteiger partial charge in [0.2, 0.25) is 10.0 Å². The number of benzene rings is 1. The molecule has 0 unspecified atom stereocenters. The first-order valence-electron chi connectivity index (χ1n) is 11.3. The summed E-state index contributed by atoms with van der Waals surface area (Å²) >= 11 is 0. The third-order valence-corrected chi connectivity index (χ3v) is 7.04. The first-order valence-corrected chi connectivity index (χ1v) is 13.1. The molecule has 37 heavy (non-hydrogen) atoms. The maximum Gasteiger partial charge on any atom is 0.251 e. The Kier molecular flexibility index (Phi) is 7.10. The van der Waals surface area contributed by atoms with Crippen LogP contribution in [0.4, 0.5) is 17.2 Å². The number of nitriles is 1. The Morgan fingerprint density at radius 1 is 1.19 bits per heavy atom. The van der Waals surface area contributed by atoms with E-state index in [2.05, 4.69) is 26.3 Å². The number of aromatic amines is 1. The maximum absolute atomic E-state index is 12.4. The van der Waals surface area contributed by atoms with Crippen molar-refractivity contribution < 1.29 is 13.2 Å². The van der Waals surface area contributed by atoms with Gasteiger partial charge in [-0.1, -0.05) is 12.1 Å². The summed E-state index contributed by atoms with van der Waals surface area (Å²) in [6.07, 6.45) is 4.06. The number of nitrogens with two attached hydrogens (primary N) is 1. The van der Waals surface area contributed by atoms with Gasteiger partial charge in [0.1, 0.15) is 11.7 Å². The minimum Gasteiger partial charge on any atom is -0.351 e. The second-order valence-corrected chi connectivity index (χ2v) is 10.4. The van der Waals surface area contributed by atoms with Crippen LogP contribution in [0.2, 0.25) is 0 Å². The van der Waals surface area contributed by atoms with Crippen LogP contribution in [0.3, 0.4) is 0 Å². The topological polar surface area (TPSA) is 161 Å². The molecule has 0 atom stereocenters. The summed E-state index contributed by atoms with van der Waals surface area (Å²) in [6, 6.07) is 14.6. The zero-order valence-corrected chi connectivity index (χ0v) is 21.4. The Bertz CT molecular complexity index is 1620. The number of carbonyl (C=O) groups excluding carboxylic acids is 1. The zero-order valence-electron chi connectivity index (χ0n) is 20.6. The molecule has 11 nitrogen and oxygen atoms in total. The summed E-state index contributed by atoms with van der Waals surface area (Å²) in [4.78, 5) is 26.1. The molecule has 3 heterocycles. The summed E-state index contributed by atoms with van der Waals surface area (Å²) in [6.45, 7) is 0.714. The van der Waals surface area contributed by atoms with Crippen LogP contribution in [0.15, 0.2) is 54.9 Å². The fourth-order valence-electron chi connectivity index (χ4n) is 3.95. The molecule has 0 saturated carbocycles. The van der Waals surface area contributed by atoms with Crippen LogP contribution in [0.1, 0.15) is 15.9 Å². The molecule has 4 N–H and O–H groups in total. The van der Waals surface area contributed by atoms with Gasteiger partial charge in [-0.25, -0.2) is 18.4 Å². The van der Waals surface area contributed by atoms with Crippen LogP contribution in [0.25, 0.3) is 22.3 Å². The van der Waals surface area contributed by atoms with Crippen molar-refractivity contribution in [1.82, 2.24) is 20.3 Å². The molecule has 1 amide bonds. The Balaban J connectivity index is 1.83. The number of nitrogens with zero attached hydrogens (tertiary/aromatic N) is 5. The van der Waals surface area contributed by atoms with E-state index in [9.17, 15) is 18.5 Å². The smallest absolute Gasteiger partial charge is 0.251 e. The molecule has 0 saturated heterocycles. The van der Waals surface area contributed by atoms with Crippen molar-refractivity contribution in [2.45, 2.75) is 0 Å². The van der Waals surface area contributed by atoms with E-state index in [1.165, 1.54) is 19.4 Å². The molecule has 0 aliphatic rings. The first-order chi connectivity index (χ1) is 17.7. The Morgan fingerprint density at radius 2 is 1.97 bits per heavy atom. The first kappa shape index (κ1) is 25.6. The number of fused-ring (bicyclic) bond motifs is 1. The average molecular weight is 519 g/mol. The highest BCUT2D eigenvalue weighted by atomic mass is 32.2. The van der Waals surface area contributed by atoms with Crippen molar-refractivity contribution in [3.8, 4) is 17.3 Å². The van der Waals surface area contributed by atoms with Crippen molar-refractivity contribution in [1.29, 1.82) is 5.26 Å². The van der Waals surface area contributed by atoms with Crippen molar-refractivity contribution in [3.63, 3.8) is 0 Å². The van der Waals surface area contributed by atoms with Gasteiger partial charge in [-0.05, 0) is 35.9 Å². The highest BCUT2D eigenvalue weighted by molar-refractivity contribution is 7.92. The van der Waals surface area contributed by atoms with Crippen LogP contribution < -0.4 is 20.3 Å². The van der Waals surface area contributed by atoms with Crippen molar-refractivity contribution in [3.05, 3.63) is 66.0 Å². The minimum absolute atomic E-state index is 0.216. The summed E-state index contributed by atoms with van der Waals surface area (Å²) < 4.78 is 25.6. The van der Waals surface area contributed by atoms with Crippen LogP contribution in [-0.4, -0.2) is 62.7 Å². The molecule has 0 fully saturated rings. The third-order valence-electron chi connectivity index (χ3n) is 5.87. The number of anilines is 3. The number of carbonyl (C=O) groups is 1. The lowest BCUT2D eigenvalue weighted by Crippen LogP contribution is -2.28. The number of amides is 1. The number of aromatic nitrogens is 3. The molecule has 1 aromatic carbocycles. The number of rotatable bonds is 8. The van der Waals surface area contributed by atoms with E-state index >= 15 is 0 Å². The van der Waals surface area contributed by atoms with Gasteiger partial charge >= 0.3 is 0 Å². The van der Waals surface area contributed by atoms with E-state index in [4.69, 9.17) is 5.73 Å². The van der Waals surface area contributed by atoms with Gasteiger partial charge in [0.05, 0.1) is 23.2 Å². The van der Waals surface area contributed by atoms with Gasteiger partial charge in [-0.2, -0.15) is 5.26 Å². The van der Waals surface area contributed by atoms with E-state index in [-0.39, 0.29) is 11.7 Å². The fraction of sp³-hybridized carbons (Fsp3) is 0.200. The molecular formula is C25H26N8O3S. The number of H-pyrrole nitrogens is 1. The fourth-order valence-corrected chi connectivity index (χ4v) is 4.40. The molecule has 0 radical (unpaired) electrons. The van der Waals surface area contributed by atoms with Crippen molar-refractivity contribution in [2.75, 3.05) is 42.6 Å². The number of nitrogens with one attached hydrogen (secondary N) is 2. The second kappa shape index (κ2) is 10.3. The lowest BCUT2D eigenvalue weighted by atomic mass is 10.1. The van der Waals surface area contributed by atoms with E-state index in [0.29, 0.717) is 52.3 Å². The molecule has 3 aromatic heterocycles. The van der Waals surface area contributed by atoms with Crippen LogP contribution >= 0.6 is 0 Å². The van der Waals surface area contributed by atoms with E-state index in [1.807, 2.05) is 12.1 Å². The lowest BCUT2D eigenvalue weighted by molar-refractivity contribution is 0.0954. The van der Waals surface area contributed by atoms with Crippen molar-refractivity contribution >= 4 is 44.2 Å². The Hall–Kier alpha value is -4.47. The number of pyridine rings is 2. The standard InChI is InChI=1S/C25H26N8O3S/c1-32(21-8-5-10-28-24(21)33(2)37(3,35)36)22-18(14-27)15-30-23-19(22)13-20(31-23)16-6-4-7-17(12-16)25(34)29-11-9-26/h4-8,10,12-13,15H,9,11,26H2,1-3H3,(H,29,34)(H,30,31). The van der Waals surface area contributed by atoms with Crippen LogP contribution in [0, 0.1) is 11.3 Å². The molecule has 0 aliphatic heterocycles. The predicted octanol–water partition coefficient (Wildman–Crippen LogP) is 2.35. The summed E-state index contributed by atoms with van der Waals surface area (Å²) in [5.74, 6) is -0.0128. The Labute approximate surface area is 214 Å². The Morgan fingerprint density at radius 3 is 2.68 bits per heavy atom. The van der Waals surface area contributed by atoms with Gasteiger partial charge < -0.3 is 20.9 Å². The van der Waals surface area contributed by atoms with Crippen LogP contribution in [-0.2, 0) is 10.0 Å². The maximum atomic E-state index is 12.4. The monoisotopic (exact) mass is 518 g/mol. The highest BCUT2D eigenvalue weighted by Gasteiger charge is 2.23. The molecule has 4 rings (SSSR count). The van der Waals surface area contributed by atoms with Crippen molar-refractivity contribution in [2.24, 2.45) is 5.73 Å². The molecular weight excluding hydrogens is 492 g/mol. The molecule has 0 spiro atoms. The number of hydrogen-bond donors (Lipinski definition) is 3. The molecule has 0 bridgehead atoms. The van der Waals surface area contributed by atoms with E-state index in [0.717, 1.165) is 16.1 Å². The number of sulfonamides is 1. The van der Waals surface area contributed by atoms with Gasteiger partial charge in [-0.15, -0.1) is 0 Å². The van der Waals surface area contributed by atoms with Crippen LogP contribution in [0.5, 0.6) is 0 Å². The average Bonchev–Trinajstić information content (AvgIpc) is 3.34. The molecule has 190 valence electrons. The largest absolute Gasteiger partial charge is 0.351 e. The molecule has 0 aliphatic carbocycles. The van der Waals surface area contributed by atoms with E-state index in [1.54, 1.807) is 42.3 Å². The summed E-state index contributed by atoms with van der Waals surface area (Å²) in [5.41, 5.74) is 9.25. The predicted molar refractivity (Wildman–Crippen MR) is 143 cm³/mol. The SMILES string of the molecule is CN(c1cccnc1N(C)S(C)(=O)=O)c1c(C#N)cnc2[nH]c(-c3cccc(C(=O)NCCN)c3)cc12. The zero-order chi connectivity index (χ0) is 26.7. The van der Waals surface area contributed by atoms with Gasteiger partial charge in [-0.3, -0.25) is 9.10 Å². The second-order valence-electron chi connectivity index (χ2n) is 8.34. The minimum atomic E-state index is -3.58. The summed E-state index contributed by atoms with van der Waals surface area (Å²) in [5, 5.41) is 13.3. The normalized spacial score (nSPS) is 11.2. The van der Waals surface area contributed by atoms with Gasteiger partial charge in [0, 0.05) is 56.2 Å². The molecule has 4 aromatic rings. The third kappa shape index (κ3) is 5.09. The molecule has 12 heteroatoms. The van der Waals surface area contributed by atoms with Gasteiger partial charge in [0.15, 0.2) is 5.82 Å². The van der Waals surface area contributed by atoms with Gasteiger partial charge in [0.25, 0.3) is 5.91 Å².